The first-order chi connectivity index (χ1) is 7.08. The fourth-order valence-corrected chi connectivity index (χ4v) is 1.63. The number of nitrogens with two attached hydrogens (primary N) is 1. The molecule has 0 unspecified atom stereocenters. The molecule has 0 saturated heterocycles. The van der Waals surface area contributed by atoms with Crippen molar-refractivity contribution < 1.29 is 0 Å². The van der Waals surface area contributed by atoms with Crippen LogP contribution in [0.3, 0.4) is 0 Å². The minimum atomic E-state index is 0.336. The average Bonchev–Trinajstić information content (AvgIpc) is 2.58. The number of hydrogen-bond donors (Lipinski definition) is 1. The first-order valence-electron chi connectivity index (χ1n) is 4.22. The smallest absolute Gasteiger partial charge is 0.166 e. The summed E-state index contributed by atoms with van der Waals surface area (Å²) in [5.41, 5.74) is 6.99. The van der Waals surface area contributed by atoms with E-state index in [2.05, 4.69) is 10.2 Å². The van der Waals surface area contributed by atoms with Gasteiger partial charge in [0.25, 0.3) is 0 Å². The molecular weight excluding hydrogens is 235 g/mol. The van der Waals surface area contributed by atoms with E-state index in [4.69, 9.17) is 28.9 Å². The molecule has 0 spiro atoms. The number of anilines is 1. The van der Waals surface area contributed by atoms with Crippen LogP contribution in [0.5, 0.6) is 0 Å². The van der Waals surface area contributed by atoms with Gasteiger partial charge in [0.05, 0.1) is 11.2 Å². The molecule has 0 aliphatic rings. The zero-order valence-corrected chi connectivity index (χ0v) is 9.42. The molecule has 6 heteroatoms. The van der Waals surface area contributed by atoms with Gasteiger partial charge in [-0.25, -0.2) is 0 Å². The van der Waals surface area contributed by atoms with E-state index in [-0.39, 0.29) is 0 Å². The Hall–Kier alpha value is -1.26. The lowest BCUT2D eigenvalue weighted by Gasteiger charge is -2.05. The molecule has 2 rings (SSSR count). The number of aryl methyl sites for hydroxylation is 1. The van der Waals surface area contributed by atoms with Gasteiger partial charge in [0.15, 0.2) is 5.82 Å². The van der Waals surface area contributed by atoms with Crippen LogP contribution in [0, 0.1) is 6.92 Å². The number of hydrogen-bond acceptors (Lipinski definition) is 3. The lowest BCUT2D eigenvalue weighted by atomic mass is 10.2. The summed E-state index contributed by atoms with van der Waals surface area (Å²) in [6.45, 7) is 1.88. The van der Waals surface area contributed by atoms with E-state index in [9.17, 15) is 0 Å². The largest absolute Gasteiger partial charge is 0.381 e. The fraction of sp³-hybridized carbons (Fsp3) is 0.111. The van der Waals surface area contributed by atoms with E-state index in [1.807, 2.05) is 6.92 Å². The second-order valence-corrected chi connectivity index (χ2v) is 3.93. The van der Waals surface area contributed by atoms with Crippen LogP contribution in [-0.4, -0.2) is 15.0 Å². The highest BCUT2D eigenvalue weighted by Crippen LogP contribution is 2.26. The van der Waals surface area contributed by atoms with Gasteiger partial charge in [-0.05, 0) is 24.6 Å². The number of benzene rings is 1. The Bertz CT molecular complexity index is 507. The fourth-order valence-electron chi connectivity index (χ4n) is 1.18. The van der Waals surface area contributed by atoms with Crippen molar-refractivity contribution in [1.29, 1.82) is 0 Å². The monoisotopic (exact) mass is 242 g/mol. The lowest BCUT2D eigenvalue weighted by molar-refractivity contribution is 0.754. The van der Waals surface area contributed by atoms with Gasteiger partial charge in [0.1, 0.15) is 5.69 Å². The second-order valence-electron chi connectivity index (χ2n) is 3.11. The Morgan fingerprint density at radius 2 is 2.00 bits per heavy atom. The molecule has 0 saturated carbocycles. The Balaban J connectivity index is 2.58. The van der Waals surface area contributed by atoms with Crippen LogP contribution in [0.1, 0.15) is 5.56 Å². The number of halogens is 2. The summed E-state index contributed by atoms with van der Waals surface area (Å²) >= 11 is 12.0. The second kappa shape index (κ2) is 3.72. The molecule has 0 atom stereocenters. The van der Waals surface area contributed by atoms with E-state index < -0.39 is 0 Å². The Kier molecular flexibility index (Phi) is 2.54. The zero-order chi connectivity index (χ0) is 11.0. The number of rotatable bonds is 1. The number of aromatic nitrogens is 3. The standard InChI is InChI=1S/C9H8Cl2N4/c1-5-2-7(11)8(3-6(5)10)15-13-4-9(12)14-15/h2-4H,1H3,(H2,12,14). The van der Waals surface area contributed by atoms with E-state index >= 15 is 0 Å². The van der Waals surface area contributed by atoms with E-state index in [1.54, 1.807) is 12.1 Å². The van der Waals surface area contributed by atoms with Gasteiger partial charge in [0.2, 0.25) is 0 Å². The summed E-state index contributed by atoms with van der Waals surface area (Å²) in [6.07, 6.45) is 1.45. The molecule has 0 bridgehead atoms. The van der Waals surface area contributed by atoms with Gasteiger partial charge in [-0.2, -0.15) is 5.10 Å². The van der Waals surface area contributed by atoms with Crippen LogP contribution in [-0.2, 0) is 0 Å². The molecule has 2 aromatic rings. The Morgan fingerprint density at radius 3 is 2.60 bits per heavy atom. The van der Waals surface area contributed by atoms with Crippen molar-refractivity contribution in [2.45, 2.75) is 6.92 Å². The predicted octanol–water partition coefficient (Wildman–Crippen LogP) is 2.46. The van der Waals surface area contributed by atoms with Crippen molar-refractivity contribution in [2.75, 3.05) is 5.73 Å². The van der Waals surface area contributed by atoms with Crippen molar-refractivity contribution >= 4 is 29.0 Å². The van der Waals surface area contributed by atoms with E-state index in [0.29, 0.717) is 21.6 Å². The number of nitrogens with zero attached hydrogens (tertiary/aromatic N) is 3. The minimum absolute atomic E-state index is 0.336. The molecular formula is C9H8Cl2N4. The van der Waals surface area contributed by atoms with Crippen LogP contribution in [0.4, 0.5) is 5.82 Å². The topological polar surface area (TPSA) is 56.7 Å². The van der Waals surface area contributed by atoms with Gasteiger partial charge in [-0.3, -0.25) is 0 Å². The molecule has 78 valence electrons. The highest BCUT2D eigenvalue weighted by Gasteiger charge is 2.08. The van der Waals surface area contributed by atoms with Crippen LogP contribution >= 0.6 is 23.2 Å². The molecule has 4 nitrogen and oxygen atoms in total. The maximum Gasteiger partial charge on any atom is 0.166 e. The maximum absolute atomic E-state index is 6.04. The molecule has 1 heterocycles. The van der Waals surface area contributed by atoms with E-state index in [0.717, 1.165) is 5.56 Å². The maximum atomic E-state index is 6.04. The van der Waals surface area contributed by atoms with Crippen molar-refractivity contribution in [1.82, 2.24) is 15.0 Å². The van der Waals surface area contributed by atoms with Gasteiger partial charge in [0, 0.05) is 5.02 Å². The number of nitrogen functional groups attached to an aromatic ring is 1. The van der Waals surface area contributed by atoms with Crippen LogP contribution in [0.2, 0.25) is 10.0 Å². The summed E-state index contributed by atoms with van der Waals surface area (Å²) in [4.78, 5) is 1.35. The van der Waals surface area contributed by atoms with Gasteiger partial charge < -0.3 is 5.73 Å². The summed E-state index contributed by atoms with van der Waals surface area (Å²) in [6, 6.07) is 3.47. The molecule has 1 aromatic carbocycles. The van der Waals surface area contributed by atoms with Crippen molar-refractivity contribution in [3.05, 3.63) is 33.9 Å². The molecule has 2 N–H and O–H groups in total. The summed E-state index contributed by atoms with van der Waals surface area (Å²) in [5, 5.41) is 9.06. The highest BCUT2D eigenvalue weighted by molar-refractivity contribution is 6.35. The Morgan fingerprint density at radius 1 is 1.27 bits per heavy atom. The molecule has 0 radical (unpaired) electrons. The van der Waals surface area contributed by atoms with Crippen molar-refractivity contribution in [2.24, 2.45) is 0 Å². The van der Waals surface area contributed by atoms with Crippen molar-refractivity contribution in [3.63, 3.8) is 0 Å². The third-order valence-electron chi connectivity index (χ3n) is 1.95. The van der Waals surface area contributed by atoms with Crippen LogP contribution in [0.25, 0.3) is 5.69 Å². The molecule has 0 aliphatic heterocycles. The summed E-state index contributed by atoms with van der Waals surface area (Å²) in [7, 11) is 0. The minimum Gasteiger partial charge on any atom is -0.381 e. The predicted molar refractivity (Wildman–Crippen MR) is 60.5 cm³/mol. The first kappa shape index (κ1) is 10.3. The molecule has 1 aromatic heterocycles. The van der Waals surface area contributed by atoms with Gasteiger partial charge >= 0.3 is 0 Å². The molecule has 0 fully saturated rings. The van der Waals surface area contributed by atoms with Gasteiger partial charge in [-0.1, -0.05) is 23.2 Å². The zero-order valence-electron chi connectivity index (χ0n) is 7.91. The first-order valence-corrected chi connectivity index (χ1v) is 4.97. The third-order valence-corrected chi connectivity index (χ3v) is 2.66. The summed E-state index contributed by atoms with van der Waals surface area (Å²) in [5.74, 6) is 0.336. The Labute approximate surface area is 96.6 Å². The highest BCUT2D eigenvalue weighted by atomic mass is 35.5. The molecule has 15 heavy (non-hydrogen) atoms. The SMILES string of the molecule is Cc1cc(Cl)c(-n2ncc(N)n2)cc1Cl. The van der Waals surface area contributed by atoms with E-state index in [1.165, 1.54) is 11.0 Å². The van der Waals surface area contributed by atoms with Crippen molar-refractivity contribution in [3.8, 4) is 5.69 Å². The molecule has 0 aliphatic carbocycles. The van der Waals surface area contributed by atoms with Crippen LogP contribution < -0.4 is 5.73 Å². The van der Waals surface area contributed by atoms with Gasteiger partial charge in [-0.15, -0.1) is 9.90 Å². The normalized spacial score (nSPS) is 10.6. The lowest BCUT2D eigenvalue weighted by Crippen LogP contribution is -2.00. The average molecular weight is 243 g/mol. The summed E-state index contributed by atoms with van der Waals surface area (Å²) < 4.78 is 0. The van der Waals surface area contributed by atoms with Crippen LogP contribution in [0.15, 0.2) is 18.3 Å². The molecule has 0 amide bonds. The quantitative estimate of drug-likeness (QED) is 0.836. The third kappa shape index (κ3) is 1.91.